The van der Waals surface area contributed by atoms with Crippen LogP contribution in [0.3, 0.4) is 0 Å². The van der Waals surface area contributed by atoms with Gasteiger partial charge in [0, 0.05) is 5.56 Å². The highest BCUT2D eigenvalue weighted by Gasteiger charge is 2.06. The maximum Gasteiger partial charge on any atom is 0.225 e. The maximum atomic E-state index is 5.34. The van der Waals surface area contributed by atoms with Gasteiger partial charge >= 0.3 is 0 Å². The molecule has 0 bridgehead atoms. The smallest absolute Gasteiger partial charge is 0.225 e. The van der Waals surface area contributed by atoms with Crippen molar-refractivity contribution in [2.45, 2.75) is 52.9 Å². The monoisotopic (exact) mass is 271 g/mol. The molecule has 2 rings (SSSR count). The second-order valence-corrected chi connectivity index (χ2v) is 5.74. The van der Waals surface area contributed by atoms with Crippen LogP contribution in [0.1, 0.15) is 50.7 Å². The van der Waals surface area contributed by atoms with Gasteiger partial charge in [-0.3, -0.25) is 0 Å². The molecule has 0 aliphatic heterocycles. The molecule has 0 saturated heterocycles. The van der Waals surface area contributed by atoms with E-state index in [1.165, 1.54) is 43.2 Å². The van der Waals surface area contributed by atoms with Gasteiger partial charge in [-0.2, -0.15) is 0 Å². The van der Waals surface area contributed by atoms with Crippen LogP contribution in [0.25, 0.3) is 11.5 Å². The number of unbranched alkanes of at least 4 members (excludes halogenated alkanes) is 1. The Morgan fingerprint density at radius 1 is 1.25 bits per heavy atom. The van der Waals surface area contributed by atoms with E-state index >= 15 is 0 Å². The second kappa shape index (κ2) is 7.28. The van der Waals surface area contributed by atoms with Crippen molar-refractivity contribution in [2.24, 2.45) is 5.92 Å². The summed E-state index contributed by atoms with van der Waals surface area (Å²) >= 11 is 0. The van der Waals surface area contributed by atoms with Gasteiger partial charge in [0.05, 0.1) is 6.20 Å². The van der Waals surface area contributed by atoms with Crippen molar-refractivity contribution < 1.29 is 4.42 Å². The summed E-state index contributed by atoms with van der Waals surface area (Å²) in [4.78, 5) is 4.19. The molecule has 108 valence electrons. The molecule has 0 spiro atoms. The highest BCUT2D eigenvalue weighted by molar-refractivity contribution is 5.55. The lowest BCUT2D eigenvalue weighted by Crippen LogP contribution is -1.95. The summed E-state index contributed by atoms with van der Waals surface area (Å²) in [6.07, 6.45) is 9.74. The van der Waals surface area contributed by atoms with Crippen molar-refractivity contribution in [3.63, 3.8) is 0 Å². The summed E-state index contributed by atoms with van der Waals surface area (Å²) < 4.78 is 5.34. The highest BCUT2D eigenvalue weighted by atomic mass is 16.3. The molecule has 0 N–H and O–H groups in total. The summed E-state index contributed by atoms with van der Waals surface area (Å²) in [6, 6.07) is 6.51. The molecule has 1 aromatic carbocycles. The standard InChI is InChI=1S/C18H25NO/c1-4-14(2)7-5-6-8-16-9-10-17(13-15(16)3)18-19-11-12-20-18/h9-14H,4-8H2,1-3H3. The van der Waals surface area contributed by atoms with Gasteiger partial charge in [-0.15, -0.1) is 0 Å². The fourth-order valence-electron chi connectivity index (χ4n) is 2.49. The summed E-state index contributed by atoms with van der Waals surface area (Å²) in [6.45, 7) is 6.79. The molecule has 0 aliphatic rings. The largest absolute Gasteiger partial charge is 0.445 e. The number of aromatic nitrogens is 1. The Kier molecular flexibility index (Phi) is 5.40. The van der Waals surface area contributed by atoms with Gasteiger partial charge in [0.15, 0.2) is 0 Å². The molecule has 1 atom stereocenters. The number of rotatable bonds is 7. The third-order valence-electron chi connectivity index (χ3n) is 4.11. The van der Waals surface area contributed by atoms with Gasteiger partial charge in [0.25, 0.3) is 0 Å². The number of benzene rings is 1. The Bertz CT molecular complexity index is 516. The van der Waals surface area contributed by atoms with E-state index in [4.69, 9.17) is 4.42 Å². The van der Waals surface area contributed by atoms with Crippen molar-refractivity contribution in [3.8, 4) is 11.5 Å². The Balaban J connectivity index is 1.90. The van der Waals surface area contributed by atoms with Crippen LogP contribution >= 0.6 is 0 Å². The number of aryl methyl sites for hydroxylation is 2. The topological polar surface area (TPSA) is 26.0 Å². The van der Waals surface area contributed by atoms with E-state index in [1.807, 2.05) is 0 Å². The van der Waals surface area contributed by atoms with Crippen molar-refractivity contribution in [2.75, 3.05) is 0 Å². The third-order valence-corrected chi connectivity index (χ3v) is 4.11. The van der Waals surface area contributed by atoms with Crippen LogP contribution in [-0.4, -0.2) is 4.98 Å². The van der Waals surface area contributed by atoms with Gasteiger partial charge in [-0.05, 0) is 48.9 Å². The number of oxazole rings is 1. The Morgan fingerprint density at radius 2 is 2.10 bits per heavy atom. The molecule has 0 saturated carbocycles. The molecule has 1 unspecified atom stereocenters. The molecule has 2 heteroatoms. The van der Waals surface area contributed by atoms with Gasteiger partial charge in [0.2, 0.25) is 5.89 Å². The van der Waals surface area contributed by atoms with E-state index < -0.39 is 0 Å². The first-order valence-corrected chi connectivity index (χ1v) is 7.70. The van der Waals surface area contributed by atoms with Gasteiger partial charge in [0.1, 0.15) is 6.26 Å². The molecule has 0 aliphatic carbocycles. The molecule has 1 heterocycles. The zero-order valence-electron chi connectivity index (χ0n) is 12.9. The van der Waals surface area contributed by atoms with Crippen molar-refractivity contribution in [3.05, 3.63) is 41.8 Å². The Hall–Kier alpha value is -1.57. The van der Waals surface area contributed by atoms with Crippen LogP contribution < -0.4 is 0 Å². The first-order chi connectivity index (χ1) is 9.70. The van der Waals surface area contributed by atoms with Crippen LogP contribution in [0, 0.1) is 12.8 Å². The minimum absolute atomic E-state index is 0.705. The molecule has 2 aromatic rings. The molecule has 20 heavy (non-hydrogen) atoms. The Morgan fingerprint density at radius 3 is 2.75 bits per heavy atom. The minimum Gasteiger partial charge on any atom is -0.445 e. The molecule has 1 aromatic heterocycles. The maximum absolute atomic E-state index is 5.34. The molecule has 0 fully saturated rings. The van der Waals surface area contributed by atoms with E-state index in [1.54, 1.807) is 12.5 Å². The normalized spacial score (nSPS) is 12.6. The SMILES string of the molecule is CCC(C)CCCCc1ccc(-c2ncco2)cc1C. The lowest BCUT2D eigenvalue weighted by Gasteiger charge is -2.09. The lowest BCUT2D eigenvalue weighted by molar-refractivity contribution is 0.484. The predicted molar refractivity (Wildman–Crippen MR) is 83.7 cm³/mol. The molecule has 0 radical (unpaired) electrons. The minimum atomic E-state index is 0.705. The second-order valence-electron chi connectivity index (χ2n) is 5.74. The molecule has 0 amide bonds. The van der Waals surface area contributed by atoms with E-state index in [-0.39, 0.29) is 0 Å². The average Bonchev–Trinajstić information content (AvgIpc) is 2.98. The first kappa shape index (κ1) is 14.8. The average molecular weight is 271 g/mol. The van der Waals surface area contributed by atoms with Crippen molar-refractivity contribution >= 4 is 0 Å². The van der Waals surface area contributed by atoms with Crippen LogP contribution in [0.5, 0.6) is 0 Å². The highest BCUT2D eigenvalue weighted by Crippen LogP contribution is 2.22. The van der Waals surface area contributed by atoms with Gasteiger partial charge in [-0.25, -0.2) is 4.98 Å². The van der Waals surface area contributed by atoms with E-state index in [0.717, 1.165) is 11.5 Å². The van der Waals surface area contributed by atoms with Crippen molar-refractivity contribution in [1.29, 1.82) is 0 Å². The zero-order chi connectivity index (χ0) is 14.4. The molecular formula is C18H25NO. The molecule has 2 nitrogen and oxygen atoms in total. The molecular weight excluding hydrogens is 246 g/mol. The van der Waals surface area contributed by atoms with Crippen LogP contribution in [0.15, 0.2) is 35.1 Å². The van der Waals surface area contributed by atoms with Crippen LogP contribution in [-0.2, 0) is 6.42 Å². The predicted octanol–water partition coefficient (Wildman–Crippen LogP) is 5.41. The number of hydrogen-bond acceptors (Lipinski definition) is 2. The van der Waals surface area contributed by atoms with E-state index in [9.17, 15) is 0 Å². The summed E-state index contributed by atoms with van der Waals surface area (Å²) in [7, 11) is 0. The first-order valence-electron chi connectivity index (χ1n) is 7.70. The lowest BCUT2D eigenvalue weighted by atomic mass is 9.97. The van der Waals surface area contributed by atoms with Gasteiger partial charge in [-0.1, -0.05) is 39.2 Å². The van der Waals surface area contributed by atoms with E-state index in [2.05, 4.69) is 44.0 Å². The zero-order valence-corrected chi connectivity index (χ0v) is 12.9. The summed E-state index contributed by atoms with van der Waals surface area (Å²) in [5.74, 6) is 1.57. The summed E-state index contributed by atoms with van der Waals surface area (Å²) in [5.41, 5.74) is 3.85. The van der Waals surface area contributed by atoms with Crippen LogP contribution in [0.4, 0.5) is 0 Å². The van der Waals surface area contributed by atoms with Crippen LogP contribution in [0.2, 0.25) is 0 Å². The summed E-state index contributed by atoms with van der Waals surface area (Å²) in [5, 5.41) is 0. The van der Waals surface area contributed by atoms with E-state index in [0.29, 0.717) is 5.89 Å². The number of nitrogens with zero attached hydrogens (tertiary/aromatic N) is 1. The van der Waals surface area contributed by atoms with Gasteiger partial charge < -0.3 is 4.42 Å². The fraction of sp³-hybridized carbons (Fsp3) is 0.500. The number of hydrogen-bond donors (Lipinski definition) is 0. The third kappa shape index (κ3) is 3.96. The Labute approximate surface area is 122 Å². The van der Waals surface area contributed by atoms with Crippen molar-refractivity contribution in [1.82, 2.24) is 4.98 Å². The quantitative estimate of drug-likeness (QED) is 0.629. The fourth-order valence-corrected chi connectivity index (χ4v) is 2.49.